The standard InChI is InChI=1S/C11H15N3O/c1-5-8-9(12)13-7-14-10(8)15-11(3,4)6-2/h2,7H,5H2,1,3-4H3,(H2,12,13,14). The fourth-order valence-corrected chi connectivity index (χ4v) is 1.10. The van der Waals surface area contributed by atoms with Crippen LogP contribution < -0.4 is 10.5 Å². The Labute approximate surface area is 89.9 Å². The summed E-state index contributed by atoms with van der Waals surface area (Å²) >= 11 is 0. The van der Waals surface area contributed by atoms with Gasteiger partial charge < -0.3 is 10.5 Å². The van der Waals surface area contributed by atoms with Gasteiger partial charge in [-0.05, 0) is 20.3 Å². The minimum absolute atomic E-state index is 0.440. The Balaban J connectivity index is 3.06. The molecule has 0 unspecified atom stereocenters. The fourth-order valence-electron chi connectivity index (χ4n) is 1.10. The summed E-state index contributed by atoms with van der Waals surface area (Å²) in [5.74, 6) is 3.44. The van der Waals surface area contributed by atoms with Gasteiger partial charge >= 0.3 is 0 Å². The maximum Gasteiger partial charge on any atom is 0.223 e. The van der Waals surface area contributed by atoms with Crippen LogP contribution in [0.2, 0.25) is 0 Å². The lowest BCUT2D eigenvalue weighted by Gasteiger charge is -2.21. The molecule has 0 saturated heterocycles. The van der Waals surface area contributed by atoms with E-state index in [2.05, 4.69) is 15.9 Å². The zero-order valence-corrected chi connectivity index (χ0v) is 9.24. The summed E-state index contributed by atoms with van der Waals surface area (Å²) in [6.07, 6.45) is 7.42. The van der Waals surface area contributed by atoms with Crippen LogP contribution in [0.15, 0.2) is 6.33 Å². The van der Waals surface area contributed by atoms with E-state index in [1.807, 2.05) is 6.92 Å². The van der Waals surface area contributed by atoms with Gasteiger partial charge in [0.25, 0.3) is 0 Å². The SMILES string of the molecule is C#CC(C)(C)Oc1ncnc(N)c1CC. The van der Waals surface area contributed by atoms with Gasteiger partial charge in [0.15, 0.2) is 5.60 Å². The first kappa shape index (κ1) is 11.3. The summed E-state index contributed by atoms with van der Waals surface area (Å²) < 4.78 is 5.59. The molecule has 4 nitrogen and oxygen atoms in total. The number of hydrogen-bond donors (Lipinski definition) is 1. The molecule has 1 aromatic heterocycles. The van der Waals surface area contributed by atoms with E-state index in [0.717, 1.165) is 5.56 Å². The van der Waals surface area contributed by atoms with E-state index in [1.165, 1.54) is 6.33 Å². The first-order valence-electron chi connectivity index (χ1n) is 4.76. The highest BCUT2D eigenvalue weighted by atomic mass is 16.5. The molecule has 0 aliphatic heterocycles. The molecule has 80 valence electrons. The summed E-state index contributed by atoms with van der Waals surface area (Å²) in [5, 5.41) is 0. The summed E-state index contributed by atoms with van der Waals surface area (Å²) in [6.45, 7) is 5.56. The van der Waals surface area contributed by atoms with Crippen molar-refractivity contribution in [3.8, 4) is 18.2 Å². The summed E-state index contributed by atoms with van der Waals surface area (Å²) in [7, 11) is 0. The van der Waals surface area contributed by atoms with Crippen molar-refractivity contribution in [2.75, 3.05) is 5.73 Å². The number of terminal acetylenes is 1. The number of nitrogen functional groups attached to an aromatic ring is 1. The van der Waals surface area contributed by atoms with Gasteiger partial charge in [0.05, 0.1) is 5.56 Å². The third-order valence-corrected chi connectivity index (χ3v) is 1.99. The molecule has 4 heteroatoms. The van der Waals surface area contributed by atoms with E-state index in [9.17, 15) is 0 Å². The molecular weight excluding hydrogens is 190 g/mol. The average Bonchev–Trinajstić information content (AvgIpc) is 2.18. The van der Waals surface area contributed by atoms with Crippen LogP contribution in [0.25, 0.3) is 0 Å². The molecule has 1 rings (SSSR count). The molecule has 0 aliphatic rings. The highest BCUT2D eigenvalue weighted by Crippen LogP contribution is 2.23. The van der Waals surface area contributed by atoms with Gasteiger partial charge in [-0.1, -0.05) is 12.8 Å². The second kappa shape index (κ2) is 4.18. The molecule has 0 spiro atoms. The second-order valence-electron chi connectivity index (χ2n) is 3.65. The maximum atomic E-state index is 5.71. The molecule has 0 aromatic carbocycles. The quantitative estimate of drug-likeness (QED) is 0.758. The summed E-state index contributed by atoms with van der Waals surface area (Å²) in [4.78, 5) is 7.94. The molecule has 15 heavy (non-hydrogen) atoms. The Morgan fingerprint density at radius 1 is 1.53 bits per heavy atom. The van der Waals surface area contributed by atoms with Crippen molar-refractivity contribution in [3.63, 3.8) is 0 Å². The monoisotopic (exact) mass is 205 g/mol. The molecule has 0 radical (unpaired) electrons. The van der Waals surface area contributed by atoms with E-state index < -0.39 is 5.60 Å². The normalized spacial score (nSPS) is 10.8. The van der Waals surface area contributed by atoms with Crippen molar-refractivity contribution >= 4 is 5.82 Å². The van der Waals surface area contributed by atoms with Gasteiger partial charge in [-0.3, -0.25) is 0 Å². The van der Waals surface area contributed by atoms with E-state index in [0.29, 0.717) is 18.1 Å². The highest BCUT2D eigenvalue weighted by Gasteiger charge is 2.19. The number of ether oxygens (including phenoxy) is 1. The van der Waals surface area contributed by atoms with Gasteiger partial charge in [-0.25, -0.2) is 9.97 Å². The minimum atomic E-state index is -0.690. The third-order valence-electron chi connectivity index (χ3n) is 1.99. The molecule has 0 saturated carbocycles. The molecular formula is C11H15N3O. The Bertz CT molecular complexity index is 393. The maximum absolute atomic E-state index is 5.71. The number of nitrogens with zero attached hydrogens (tertiary/aromatic N) is 2. The minimum Gasteiger partial charge on any atom is -0.458 e. The number of rotatable bonds is 3. The van der Waals surface area contributed by atoms with Crippen LogP contribution in [0.1, 0.15) is 26.3 Å². The van der Waals surface area contributed by atoms with Crippen LogP contribution in [-0.2, 0) is 6.42 Å². The van der Waals surface area contributed by atoms with Gasteiger partial charge in [0.2, 0.25) is 5.88 Å². The number of aromatic nitrogens is 2. The van der Waals surface area contributed by atoms with Gasteiger partial charge in [0.1, 0.15) is 12.1 Å². The smallest absolute Gasteiger partial charge is 0.223 e. The Morgan fingerprint density at radius 2 is 2.20 bits per heavy atom. The van der Waals surface area contributed by atoms with Crippen molar-refractivity contribution in [1.29, 1.82) is 0 Å². The van der Waals surface area contributed by atoms with Crippen LogP contribution in [0.3, 0.4) is 0 Å². The van der Waals surface area contributed by atoms with E-state index in [-0.39, 0.29) is 0 Å². The lowest BCUT2D eigenvalue weighted by Crippen LogP contribution is -2.27. The van der Waals surface area contributed by atoms with Crippen molar-refractivity contribution < 1.29 is 4.74 Å². The molecule has 0 atom stereocenters. The predicted molar refractivity (Wildman–Crippen MR) is 59.4 cm³/mol. The third kappa shape index (κ3) is 2.59. The average molecular weight is 205 g/mol. The van der Waals surface area contributed by atoms with Crippen LogP contribution >= 0.6 is 0 Å². The van der Waals surface area contributed by atoms with E-state index >= 15 is 0 Å². The van der Waals surface area contributed by atoms with Crippen molar-refractivity contribution in [2.24, 2.45) is 0 Å². The van der Waals surface area contributed by atoms with Crippen molar-refractivity contribution in [3.05, 3.63) is 11.9 Å². The first-order chi connectivity index (χ1) is 7.00. The molecule has 2 N–H and O–H groups in total. The number of nitrogens with two attached hydrogens (primary N) is 1. The highest BCUT2D eigenvalue weighted by molar-refractivity contribution is 5.44. The summed E-state index contributed by atoms with van der Waals surface area (Å²) in [6, 6.07) is 0. The number of hydrogen-bond acceptors (Lipinski definition) is 4. The van der Waals surface area contributed by atoms with Crippen LogP contribution in [-0.4, -0.2) is 15.6 Å². The second-order valence-corrected chi connectivity index (χ2v) is 3.65. The van der Waals surface area contributed by atoms with Crippen molar-refractivity contribution in [2.45, 2.75) is 32.8 Å². The largest absolute Gasteiger partial charge is 0.458 e. The Hall–Kier alpha value is -1.76. The van der Waals surface area contributed by atoms with Crippen LogP contribution in [0.5, 0.6) is 5.88 Å². The lowest BCUT2D eigenvalue weighted by atomic mass is 10.1. The molecule has 0 amide bonds. The molecule has 0 fully saturated rings. The van der Waals surface area contributed by atoms with Crippen molar-refractivity contribution in [1.82, 2.24) is 9.97 Å². The predicted octanol–water partition coefficient (Wildman–Crippen LogP) is 1.41. The Kier molecular flexibility index (Phi) is 3.15. The van der Waals surface area contributed by atoms with Gasteiger partial charge in [0, 0.05) is 0 Å². The zero-order valence-electron chi connectivity index (χ0n) is 9.24. The number of anilines is 1. The molecule has 1 aromatic rings. The molecule has 0 bridgehead atoms. The molecule has 0 aliphatic carbocycles. The van der Waals surface area contributed by atoms with Crippen LogP contribution in [0, 0.1) is 12.3 Å². The topological polar surface area (TPSA) is 61.0 Å². The molecule has 1 heterocycles. The van der Waals surface area contributed by atoms with Gasteiger partial charge in [-0.2, -0.15) is 0 Å². The van der Waals surface area contributed by atoms with Crippen LogP contribution in [0.4, 0.5) is 5.82 Å². The lowest BCUT2D eigenvalue weighted by molar-refractivity contribution is 0.162. The zero-order chi connectivity index (χ0) is 11.5. The summed E-state index contributed by atoms with van der Waals surface area (Å²) in [5.41, 5.74) is 5.81. The fraction of sp³-hybridized carbons (Fsp3) is 0.455. The van der Waals surface area contributed by atoms with Gasteiger partial charge in [-0.15, -0.1) is 6.42 Å². The van der Waals surface area contributed by atoms with E-state index in [4.69, 9.17) is 16.9 Å². The Morgan fingerprint density at radius 3 is 2.73 bits per heavy atom. The van der Waals surface area contributed by atoms with E-state index in [1.54, 1.807) is 13.8 Å². The first-order valence-corrected chi connectivity index (χ1v) is 4.76.